The topological polar surface area (TPSA) is 65.2 Å². The summed E-state index contributed by atoms with van der Waals surface area (Å²) in [4.78, 5) is 15.7. The Hall–Kier alpha value is -2.17. The number of carbonyl (C=O) groups is 1. The third-order valence-corrected chi connectivity index (χ3v) is 3.47. The molecule has 1 aromatic heterocycles. The number of hydrogen-bond donors (Lipinski definition) is 0. The maximum absolute atomic E-state index is 11.4. The van der Waals surface area contributed by atoms with E-state index in [0.29, 0.717) is 24.7 Å². The van der Waals surface area contributed by atoms with E-state index in [0.717, 1.165) is 17.7 Å². The molecule has 0 saturated carbocycles. The summed E-state index contributed by atoms with van der Waals surface area (Å²) in [5.41, 5.74) is 1.15. The summed E-state index contributed by atoms with van der Waals surface area (Å²) in [7, 11) is 0. The molecule has 0 radical (unpaired) electrons. The molecule has 0 amide bonds. The number of Topliss-reactive ketones (excluding diaryl/α,β-unsaturated/α-hetero) is 1. The van der Waals surface area contributed by atoms with Crippen molar-refractivity contribution in [3.8, 4) is 5.75 Å². The Kier molecular flexibility index (Phi) is 3.50. The van der Waals surface area contributed by atoms with Crippen molar-refractivity contribution in [3.05, 3.63) is 41.5 Å². The Morgan fingerprint density at radius 1 is 1.40 bits per heavy atom. The first-order valence-corrected chi connectivity index (χ1v) is 6.81. The zero-order valence-electron chi connectivity index (χ0n) is 11.3. The second-order valence-corrected chi connectivity index (χ2v) is 4.94. The SMILES string of the molecule is CCC(=O)Cc1nc(C2COc3ccccc3C2)no1. The molecule has 0 spiro atoms. The first-order chi connectivity index (χ1) is 9.76. The van der Waals surface area contributed by atoms with E-state index in [4.69, 9.17) is 9.26 Å². The predicted molar refractivity (Wildman–Crippen MR) is 71.7 cm³/mol. The van der Waals surface area contributed by atoms with Crippen molar-refractivity contribution in [1.82, 2.24) is 10.1 Å². The van der Waals surface area contributed by atoms with Crippen molar-refractivity contribution >= 4 is 5.78 Å². The number of aromatic nitrogens is 2. The van der Waals surface area contributed by atoms with Gasteiger partial charge in [0.2, 0.25) is 5.89 Å². The second kappa shape index (κ2) is 5.45. The smallest absolute Gasteiger partial charge is 0.234 e. The van der Waals surface area contributed by atoms with E-state index < -0.39 is 0 Å². The van der Waals surface area contributed by atoms with Crippen LogP contribution in [0, 0.1) is 0 Å². The van der Waals surface area contributed by atoms with E-state index in [1.165, 1.54) is 0 Å². The number of carbonyl (C=O) groups excluding carboxylic acids is 1. The quantitative estimate of drug-likeness (QED) is 0.854. The Labute approximate surface area is 116 Å². The maximum Gasteiger partial charge on any atom is 0.234 e. The summed E-state index contributed by atoms with van der Waals surface area (Å²) < 4.78 is 10.9. The normalized spacial score (nSPS) is 17.4. The number of nitrogens with zero attached hydrogens (tertiary/aromatic N) is 2. The minimum Gasteiger partial charge on any atom is -0.493 e. The van der Waals surface area contributed by atoms with Gasteiger partial charge in [-0.05, 0) is 18.1 Å². The fraction of sp³-hybridized carbons (Fsp3) is 0.400. The molecule has 0 N–H and O–H groups in total. The molecule has 3 rings (SSSR count). The van der Waals surface area contributed by atoms with E-state index in [1.807, 2.05) is 31.2 Å². The monoisotopic (exact) mass is 272 g/mol. The molecule has 1 aromatic carbocycles. The lowest BCUT2D eigenvalue weighted by Gasteiger charge is -2.22. The molecule has 0 fully saturated rings. The number of ether oxygens (including phenoxy) is 1. The fourth-order valence-electron chi connectivity index (χ4n) is 2.29. The van der Waals surface area contributed by atoms with Gasteiger partial charge in [0.1, 0.15) is 11.5 Å². The van der Waals surface area contributed by atoms with Crippen LogP contribution in [-0.2, 0) is 17.6 Å². The molecule has 20 heavy (non-hydrogen) atoms. The fourth-order valence-corrected chi connectivity index (χ4v) is 2.29. The van der Waals surface area contributed by atoms with Crippen molar-refractivity contribution in [2.75, 3.05) is 6.61 Å². The molecular weight excluding hydrogens is 256 g/mol. The van der Waals surface area contributed by atoms with E-state index in [2.05, 4.69) is 10.1 Å². The van der Waals surface area contributed by atoms with Crippen LogP contribution in [0.15, 0.2) is 28.8 Å². The van der Waals surface area contributed by atoms with Crippen LogP contribution < -0.4 is 4.74 Å². The van der Waals surface area contributed by atoms with Gasteiger partial charge in [0, 0.05) is 6.42 Å². The molecule has 0 aliphatic carbocycles. The van der Waals surface area contributed by atoms with Crippen molar-refractivity contribution < 1.29 is 14.1 Å². The molecule has 0 saturated heterocycles. The zero-order chi connectivity index (χ0) is 13.9. The van der Waals surface area contributed by atoms with E-state index in [1.54, 1.807) is 0 Å². The highest BCUT2D eigenvalue weighted by molar-refractivity contribution is 5.79. The molecule has 2 heterocycles. The van der Waals surface area contributed by atoms with Gasteiger partial charge in [-0.1, -0.05) is 30.3 Å². The Bertz CT molecular complexity index is 621. The lowest BCUT2D eigenvalue weighted by atomic mass is 9.96. The summed E-state index contributed by atoms with van der Waals surface area (Å²) in [5.74, 6) is 2.13. The zero-order valence-corrected chi connectivity index (χ0v) is 11.3. The molecule has 5 nitrogen and oxygen atoms in total. The number of ketones is 1. The van der Waals surface area contributed by atoms with Crippen LogP contribution in [0.5, 0.6) is 5.75 Å². The van der Waals surface area contributed by atoms with Gasteiger partial charge in [-0.3, -0.25) is 4.79 Å². The number of benzene rings is 1. The first-order valence-electron chi connectivity index (χ1n) is 6.81. The maximum atomic E-state index is 11.4. The third kappa shape index (κ3) is 2.57. The standard InChI is InChI=1S/C15H16N2O3/c1-2-12(18)8-14-16-15(17-20-14)11-7-10-5-3-4-6-13(10)19-9-11/h3-6,11H,2,7-9H2,1H3. The summed E-state index contributed by atoms with van der Waals surface area (Å²) >= 11 is 0. The average molecular weight is 272 g/mol. The van der Waals surface area contributed by atoms with Gasteiger partial charge in [-0.2, -0.15) is 4.98 Å². The van der Waals surface area contributed by atoms with Crippen molar-refractivity contribution in [2.24, 2.45) is 0 Å². The van der Waals surface area contributed by atoms with Gasteiger partial charge in [-0.25, -0.2) is 0 Å². The van der Waals surface area contributed by atoms with Crippen molar-refractivity contribution in [1.29, 1.82) is 0 Å². The highest BCUT2D eigenvalue weighted by atomic mass is 16.5. The highest BCUT2D eigenvalue weighted by Crippen LogP contribution is 2.30. The van der Waals surface area contributed by atoms with Gasteiger partial charge in [-0.15, -0.1) is 0 Å². The first kappa shape index (κ1) is 12.8. The lowest BCUT2D eigenvalue weighted by Crippen LogP contribution is -2.20. The lowest BCUT2D eigenvalue weighted by molar-refractivity contribution is -0.118. The van der Waals surface area contributed by atoms with Gasteiger partial charge in [0.05, 0.1) is 18.9 Å². The van der Waals surface area contributed by atoms with E-state index >= 15 is 0 Å². The molecule has 1 unspecified atom stereocenters. The summed E-state index contributed by atoms with van der Waals surface area (Å²) in [6.07, 6.45) is 1.53. The Morgan fingerprint density at radius 3 is 3.10 bits per heavy atom. The van der Waals surface area contributed by atoms with Gasteiger partial charge < -0.3 is 9.26 Å². The molecular formula is C15H16N2O3. The van der Waals surface area contributed by atoms with Crippen LogP contribution in [0.1, 0.15) is 36.5 Å². The van der Waals surface area contributed by atoms with E-state index in [-0.39, 0.29) is 18.1 Å². The number of fused-ring (bicyclic) bond motifs is 1. The predicted octanol–water partition coefficient (Wildman–Crippen LogP) is 2.31. The summed E-state index contributed by atoms with van der Waals surface area (Å²) in [6.45, 7) is 2.36. The van der Waals surface area contributed by atoms with Gasteiger partial charge in [0.15, 0.2) is 5.82 Å². The third-order valence-electron chi connectivity index (χ3n) is 3.47. The molecule has 5 heteroatoms. The van der Waals surface area contributed by atoms with Crippen molar-refractivity contribution in [3.63, 3.8) is 0 Å². The molecule has 1 aliphatic heterocycles. The summed E-state index contributed by atoms with van der Waals surface area (Å²) in [6, 6.07) is 7.96. The van der Waals surface area contributed by atoms with Crippen LogP contribution in [0.25, 0.3) is 0 Å². The largest absolute Gasteiger partial charge is 0.493 e. The highest BCUT2D eigenvalue weighted by Gasteiger charge is 2.25. The number of hydrogen-bond acceptors (Lipinski definition) is 5. The Balaban J connectivity index is 1.73. The van der Waals surface area contributed by atoms with Gasteiger partial charge >= 0.3 is 0 Å². The molecule has 104 valence electrons. The second-order valence-electron chi connectivity index (χ2n) is 4.94. The Morgan fingerprint density at radius 2 is 2.25 bits per heavy atom. The van der Waals surface area contributed by atoms with Crippen LogP contribution in [-0.4, -0.2) is 22.5 Å². The van der Waals surface area contributed by atoms with E-state index in [9.17, 15) is 4.79 Å². The van der Waals surface area contributed by atoms with Crippen molar-refractivity contribution in [2.45, 2.75) is 32.1 Å². The minimum absolute atomic E-state index is 0.0825. The average Bonchev–Trinajstić information content (AvgIpc) is 2.95. The molecule has 1 aliphatic rings. The minimum atomic E-state index is 0.0825. The number of para-hydroxylation sites is 1. The van der Waals surface area contributed by atoms with Gasteiger partial charge in [0.25, 0.3) is 0 Å². The molecule has 1 atom stereocenters. The molecule has 2 aromatic rings. The van der Waals surface area contributed by atoms with Crippen LogP contribution in [0.2, 0.25) is 0 Å². The molecule has 0 bridgehead atoms. The van der Waals surface area contributed by atoms with Crippen LogP contribution in [0.3, 0.4) is 0 Å². The van der Waals surface area contributed by atoms with Crippen LogP contribution >= 0.6 is 0 Å². The number of rotatable bonds is 4. The summed E-state index contributed by atoms with van der Waals surface area (Å²) in [5, 5.41) is 3.98. The van der Waals surface area contributed by atoms with Crippen LogP contribution in [0.4, 0.5) is 0 Å².